The van der Waals surface area contributed by atoms with Gasteiger partial charge in [0.05, 0.1) is 6.07 Å². The highest BCUT2D eigenvalue weighted by Crippen LogP contribution is 2.28. The van der Waals surface area contributed by atoms with Crippen LogP contribution in [0.4, 0.5) is 0 Å². The van der Waals surface area contributed by atoms with Gasteiger partial charge >= 0.3 is 0 Å². The Labute approximate surface area is 87.3 Å². The van der Waals surface area contributed by atoms with Crippen LogP contribution in [0.2, 0.25) is 0 Å². The largest absolute Gasteiger partial charge is 0.381 e. The Morgan fingerprint density at radius 3 is 2.50 bits per heavy atom. The Balaban J connectivity index is 2.34. The van der Waals surface area contributed by atoms with Crippen molar-refractivity contribution >= 4 is 0 Å². The summed E-state index contributed by atoms with van der Waals surface area (Å²) in [6.07, 6.45) is 4.31. The Morgan fingerprint density at radius 1 is 1.36 bits per heavy atom. The summed E-state index contributed by atoms with van der Waals surface area (Å²) in [4.78, 5) is 0. The average molecular weight is 195 g/mol. The lowest BCUT2D eigenvalue weighted by atomic mass is 9.82. The van der Waals surface area contributed by atoms with Crippen LogP contribution in [0.3, 0.4) is 0 Å². The van der Waals surface area contributed by atoms with Crippen LogP contribution in [0, 0.1) is 29.1 Å². The van der Waals surface area contributed by atoms with Crippen molar-refractivity contribution in [2.45, 2.75) is 39.5 Å². The molecule has 1 aliphatic heterocycles. The van der Waals surface area contributed by atoms with E-state index in [0.717, 1.165) is 25.6 Å². The van der Waals surface area contributed by atoms with Crippen LogP contribution >= 0.6 is 0 Å². The number of ether oxygens (including phenoxy) is 1. The highest BCUT2D eigenvalue weighted by atomic mass is 16.5. The zero-order valence-electron chi connectivity index (χ0n) is 9.33. The van der Waals surface area contributed by atoms with Crippen LogP contribution < -0.4 is 0 Å². The lowest BCUT2D eigenvalue weighted by Crippen LogP contribution is -2.20. The molecule has 0 radical (unpaired) electrons. The molecule has 1 aliphatic rings. The molecule has 2 nitrogen and oxygen atoms in total. The summed E-state index contributed by atoms with van der Waals surface area (Å²) in [7, 11) is 0. The molecule has 0 N–H and O–H groups in total. The first-order valence-electron chi connectivity index (χ1n) is 5.68. The molecule has 0 aromatic heterocycles. The van der Waals surface area contributed by atoms with E-state index in [-0.39, 0.29) is 0 Å². The van der Waals surface area contributed by atoms with E-state index >= 15 is 0 Å². The van der Waals surface area contributed by atoms with Gasteiger partial charge < -0.3 is 4.74 Å². The topological polar surface area (TPSA) is 33.0 Å². The van der Waals surface area contributed by atoms with E-state index in [1.807, 2.05) is 0 Å². The molecule has 2 heteroatoms. The number of hydrogen-bond donors (Lipinski definition) is 0. The first-order chi connectivity index (χ1) is 6.74. The molecular formula is C12H21NO. The molecule has 0 bridgehead atoms. The van der Waals surface area contributed by atoms with Gasteiger partial charge in [-0.05, 0) is 37.0 Å². The quantitative estimate of drug-likeness (QED) is 0.691. The molecule has 0 saturated carbocycles. The SMILES string of the molecule is CC(C)C(CC#N)CC1CCOCC1. The van der Waals surface area contributed by atoms with Gasteiger partial charge in [0.2, 0.25) is 0 Å². The smallest absolute Gasteiger partial charge is 0.0624 e. The van der Waals surface area contributed by atoms with Crippen LogP contribution in [0.25, 0.3) is 0 Å². The molecule has 0 aliphatic carbocycles. The molecule has 80 valence electrons. The lowest BCUT2D eigenvalue weighted by Gasteiger charge is -2.27. The molecule has 0 aromatic carbocycles. The number of hydrogen-bond acceptors (Lipinski definition) is 2. The van der Waals surface area contributed by atoms with E-state index in [4.69, 9.17) is 10.00 Å². The highest BCUT2D eigenvalue weighted by Gasteiger charge is 2.21. The van der Waals surface area contributed by atoms with Crippen LogP contribution in [-0.4, -0.2) is 13.2 Å². The van der Waals surface area contributed by atoms with Crippen molar-refractivity contribution in [1.29, 1.82) is 5.26 Å². The van der Waals surface area contributed by atoms with Crippen LogP contribution in [-0.2, 0) is 4.74 Å². The maximum Gasteiger partial charge on any atom is 0.0624 e. The second kappa shape index (κ2) is 6.03. The molecule has 14 heavy (non-hydrogen) atoms. The van der Waals surface area contributed by atoms with Gasteiger partial charge in [-0.25, -0.2) is 0 Å². The van der Waals surface area contributed by atoms with E-state index < -0.39 is 0 Å². The van der Waals surface area contributed by atoms with Crippen LogP contribution in [0.15, 0.2) is 0 Å². The number of nitriles is 1. The summed E-state index contributed by atoms with van der Waals surface area (Å²) in [5.74, 6) is 2.02. The predicted octanol–water partition coefficient (Wildman–Crippen LogP) is 2.99. The first-order valence-corrected chi connectivity index (χ1v) is 5.68. The van der Waals surface area contributed by atoms with E-state index in [1.54, 1.807) is 0 Å². The molecule has 1 atom stereocenters. The predicted molar refractivity (Wildman–Crippen MR) is 56.7 cm³/mol. The average Bonchev–Trinajstić information content (AvgIpc) is 2.18. The molecule has 1 fully saturated rings. The molecule has 0 amide bonds. The zero-order chi connectivity index (χ0) is 10.4. The minimum Gasteiger partial charge on any atom is -0.381 e. The maximum absolute atomic E-state index is 8.74. The summed E-state index contributed by atoms with van der Waals surface area (Å²) < 4.78 is 5.34. The van der Waals surface area contributed by atoms with Gasteiger partial charge in [0.1, 0.15) is 0 Å². The minimum atomic E-state index is 0.586. The second-order valence-electron chi connectivity index (χ2n) is 4.66. The third kappa shape index (κ3) is 3.67. The van der Waals surface area contributed by atoms with Gasteiger partial charge in [-0.3, -0.25) is 0 Å². The fourth-order valence-electron chi connectivity index (χ4n) is 2.12. The molecular weight excluding hydrogens is 174 g/mol. The first kappa shape index (κ1) is 11.5. The normalized spacial score (nSPS) is 20.7. The number of rotatable bonds is 4. The fraction of sp³-hybridized carbons (Fsp3) is 0.917. The summed E-state index contributed by atoms with van der Waals surface area (Å²) in [6.45, 7) is 6.28. The van der Waals surface area contributed by atoms with E-state index in [2.05, 4.69) is 19.9 Å². The lowest BCUT2D eigenvalue weighted by molar-refractivity contribution is 0.0560. The van der Waals surface area contributed by atoms with Gasteiger partial charge in [-0.2, -0.15) is 5.26 Å². The van der Waals surface area contributed by atoms with Crippen molar-refractivity contribution in [3.63, 3.8) is 0 Å². The summed E-state index contributed by atoms with van der Waals surface area (Å²) >= 11 is 0. The van der Waals surface area contributed by atoms with Crippen molar-refractivity contribution in [3.8, 4) is 6.07 Å². The standard InChI is InChI=1S/C12H21NO/c1-10(2)12(3-6-13)9-11-4-7-14-8-5-11/h10-12H,3-5,7-9H2,1-2H3. The van der Waals surface area contributed by atoms with Gasteiger partial charge in [0.25, 0.3) is 0 Å². The van der Waals surface area contributed by atoms with Gasteiger partial charge in [0, 0.05) is 19.6 Å². The Kier molecular flexibility index (Phi) is 4.97. The fourth-order valence-corrected chi connectivity index (χ4v) is 2.12. The van der Waals surface area contributed by atoms with Gasteiger partial charge in [0.15, 0.2) is 0 Å². The van der Waals surface area contributed by atoms with Crippen molar-refractivity contribution in [3.05, 3.63) is 0 Å². The highest BCUT2D eigenvalue weighted by molar-refractivity contribution is 4.80. The van der Waals surface area contributed by atoms with Crippen molar-refractivity contribution in [1.82, 2.24) is 0 Å². The summed E-state index contributed by atoms with van der Waals surface area (Å²) in [6, 6.07) is 2.31. The molecule has 1 rings (SSSR count). The molecule has 1 unspecified atom stereocenters. The van der Waals surface area contributed by atoms with Gasteiger partial charge in [-0.1, -0.05) is 13.8 Å². The van der Waals surface area contributed by atoms with Crippen molar-refractivity contribution in [2.24, 2.45) is 17.8 Å². The third-order valence-corrected chi connectivity index (χ3v) is 3.27. The Bertz CT molecular complexity index is 189. The molecule has 1 saturated heterocycles. The Hall–Kier alpha value is -0.550. The molecule has 0 aromatic rings. The molecule has 0 spiro atoms. The summed E-state index contributed by atoms with van der Waals surface area (Å²) in [5.41, 5.74) is 0. The van der Waals surface area contributed by atoms with Crippen molar-refractivity contribution in [2.75, 3.05) is 13.2 Å². The van der Waals surface area contributed by atoms with Crippen LogP contribution in [0.5, 0.6) is 0 Å². The van der Waals surface area contributed by atoms with Crippen LogP contribution in [0.1, 0.15) is 39.5 Å². The second-order valence-corrected chi connectivity index (χ2v) is 4.66. The third-order valence-electron chi connectivity index (χ3n) is 3.27. The maximum atomic E-state index is 8.74. The summed E-state index contributed by atoms with van der Waals surface area (Å²) in [5, 5.41) is 8.74. The van der Waals surface area contributed by atoms with Crippen molar-refractivity contribution < 1.29 is 4.74 Å². The molecule has 1 heterocycles. The zero-order valence-corrected chi connectivity index (χ0v) is 9.33. The van der Waals surface area contributed by atoms with E-state index in [1.165, 1.54) is 19.3 Å². The van der Waals surface area contributed by atoms with Gasteiger partial charge in [-0.15, -0.1) is 0 Å². The monoisotopic (exact) mass is 195 g/mol. The Morgan fingerprint density at radius 2 is 2.00 bits per heavy atom. The number of nitrogens with zero attached hydrogens (tertiary/aromatic N) is 1. The van der Waals surface area contributed by atoms with E-state index in [9.17, 15) is 0 Å². The minimum absolute atomic E-state index is 0.586. The van der Waals surface area contributed by atoms with E-state index in [0.29, 0.717) is 11.8 Å².